The molecule has 232 valence electrons. The van der Waals surface area contributed by atoms with Crippen LogP contribution in [0.3, 0.4) is 0 Å². The average molecular weight is 627 g/mol. The highest BCUT2D eigenvalue weighted by atomic mass is 35.5. The molecule has 2 heterocycles. The number of carbonyl (C=O) groups is 1. The van der Waals surface area contributed by atoms with Crippen molar-refractivity contribution in [3.05, 3.63) is 119 Å². The average Bonchev–Trinajstić information content (AvgIpc) is 3.61. The van der Waals surface area contributed by atoms with Crippen molar-refractivity contribution < 1.29 is 19.7 Å². The number of aliphatic hydroxyl groups excluding tert-OH is 2. The van der Waals surface area contributed by atoms with Gasteiger partial charge >= 0.3 is 0 Å². The van der Waals surface area contributed by atoms with Gasteiger partial charge in [0.15, 0.2) is 17.0 Å². The monoisotopic (exact) mass is 626 g/mol. The van der Waals surface area contributed by atoms with Crippen molar-refractivity contribution in [2.24, 2.45) is 0 Å². The van der Waals surface area contributed by atoms with E-state index in [1.807, 2.05) is 66.7 Å². The molecule has 1 amide bonds. The number of hydrogen-bond donors (Lipinski definition) is 4. The Morgan fingerprint density at radius 1 is 0.956 bits per heavy atom. The summed E-state index contributed by atoms with van der Waals surface area (Å²) in [5.74, 6) is 0.123. The first-order valence-corrected chi connectivity index (χ1v) is 15.3. The maximum Gasteiger partial charge on any atom is 0.249 e. The third kappa shape index (κ3) is 6.84. The topological polar surface area (TPSA) is 134 Å². The fraction of sp³-hybridized carbons (Fsp3) is 0.294. The number of hydrogen-bond acceptors (Lipinski definition) is 8. The Morgan fingerprint density at radius 3 is 2.22 bits per heavy atom. The fourth-order valence-electron chi connectivity index (χ4n) is 5.85. The van der Waals surface area contributed by atoms with Crippen LogP contribution in [0, 0.1) is 0 Å². The second-order valence-corrected chi connectivity index (χ2v) is 11.6. The van der Waals surface area contributed by atoms with Crippen molar-refractivity contribution in [2.75, 3.05) is 11.9 Å². The highest BCUT2D eigenvalue weighted by Crippen LogP contribution is 2.35. The van der Waals surface area contributed by atoms with Crippen molar-refractivity contribution in [3.8, 4) is 0 Å². The van der Waals surface area contributed by atoms with E-state index in [0.29, 0.717) is 23.5 Å². The highest BCUT2D eigenvalue weighted by molar-refractivity contribution is 6.28. The predicted molar refractivity (Wildman–Crippen MR) is 172 cm³/mol. The number of carbonyl (C=O) groups excluding carboxylic acids is 1. The van der Waals surface area contributed by atoms with Crippen molar-refractivity contribution in [1.29, 1.82) is 0 Å². The number of fused-ring (bicyclic) bond motifs is 1. The molecule has 0 spiro atoms. The van der Waals surface area contributed by atoms with Gasteiger partial charge in [-0.2, -0.15) is 9.97 Å². The summed E-state index contributed by atoms with van der Waals surface area (Å²) in [5, 5.41) is 28.2. The van der Waals surface area contributed by atoms with E-state index in [9.17, 15) is 15.0 Å². The molecule has 11 heteroatoms. The van der Waals surface area contributed by atoms with E-state index in [1.54, 1.807) is 17.8 Å². The van der Waals surface area contributed by atoms with Crippen molar-refractivity contribution >= 4 is 34.5 Å². The first kappa shape index (κ1) is 30.7. The molecule has 2 unspecified atom stereocenters. The zero-order valence-corrected chi connectivity index (χ0v) is 25.5. The molecule has 10 nitrogen and oxygen atoms in total. The number of rotatable bonds is 11. The lowest BCUT2D eigenvalue weighted by Crippen LogP contribution is -2.46. The molecule has 2 aromatic heterocycles. The zero-order valence-electron chi connectivity index (χ0n) is 24.7. The molecule has 1 fully saturated rings. The molecule has 0 bridgehead atoms. The molecule has 3 aromatic carbocycles. The van der Waals surface area contributed by atoms with Crippen LogP contribution in [0.5, 0.6) is 0 Å². The standard InChI is InChI=1S/C34H35ClN6O4/c1-21(45-19-22-11-5-2-6-12-22)33(44)38-26-17-27(30(43)29(26)42)41-20-37-28-31(39-34(35)40-32(28)41)36-18-25(23-13-7-3-8-14-23)24-15-9-4-10-16-24/h2-16,20-21,25-27,29-30,42-43H,17-19H2,1H3,(H,38,44)(H,36,39,40)/t21-,26+,27?,29-,30?/m1/s1. The molecule has 1 aliphatic carbocycles. The van der Waals surface area contributed by atoms with Gasteiger partial charge in [-0.15, -0.1) is 0 Å². The molecule has 6 rings (SSSR count). The minimum Gasteiger partial charge on any atom is -0.388 e. The Kier molecular flexibility index (Phi) is 9.37. The van der Waals surface area contributed by atoms with Crippen LogP contribution in [0.2, 0.25) is 5.28 Å². The smallest absolute Gasteiger partial charge is 0.249 e. The zero-order chi connectivity index (χ0) is 31.3. The summed E-state index contributed by atoms with van der Waals surface area (Å²) in [6.45, 7) is 2.46. The Hall–Kier alpha value is -4.35. The van der Waals surface area contributed by atoms with Gasteiger partial charge in [0.05, 0.1) is 25.0 Å². The van der Waals surface area contributed by atoms with E-state index in [2.05, 4.69) is 49.9 Å². The maximum absolute atomic E-state index is 12.9. The van der Waals surface area contributed by atoms with Gasteiger partial charge in [0.2, 0.25) is 11.2 Å². The number of benzene rings is 3. The van der Waals surface area contributed by atoms with E-state index in [-0.39, 0.29) is 30.1 Å². The quantitative estimate of drug-likeness (QED) is 0.158. The molecule has 0 radical (unpaired) electrons. The minimum atomic E-state index is -1.20. The summed E-state index contributed by atoms with van der Waals surface area (Å²) in [5.41, 5.74) is 4.14. The second kappa shape index (κ2) is 13.7. The van der Waals surface area contributed by atoms with E-state index in [0.717, 1.165) is 16.7 Å². The normalized spacial score (nSPS) is 20.4. The second-order valence-electron chi connectivity index (χ2n) is 11.3. The number of halogens is 1. The van der Waals surface area contributed by atoms with Crippen LogP contribution in [0.4, 0.5) is 5.82 Å². The molecular formula is C34H35ClN6O4. The minimum absolute atomic E-state index is 0.0185. The van der Waals surface area contributed by atoms with E-state index in [1.165, 1.54) is 0 Å². The van der Waals surface area contributed by atoms with Gasteiger partial charge in [0.1, 0.15) is 18.3 Å². The van der Waals surface area contributed by atoms with E-state index < -0.39 is 30.4 Å². The van der Waals surface area contributed by atoms with Gasteiger partial charge in [0, 0.05) is 12.5 Å². The van der Waals surface area contributed by atoms with E-state index in [4.69, 9.17) is 16.3 Å². The molecule has 4 N–H and O–H groups in total. The Labute approximate surface area is 266 Å². The Bertz CT molecular complexity index is 1680. The number of amides is 1. The van der Waals surface area contributed by atoms with Gasteiger partial charge in [0.25, 0.3) is 0 Å². The van der Waals surface area contributed by atoms with Gasteiger partial charge < -0.3 is 30.2 Å². The summed E-state index contributed by atoms with van der Waals surface area (Å²) in [6.07, 6.45) is -1.33. The van der Waals surface area contributed by atoms with Crippen LogP contribution in [-0.2, 0) is 16.1 Å². The maximum atomic E-state index is 12.9. The number of imidazole rings is 1. The molecule has 5 aromatic rings. The van der Waals surface area contributed by atoms with Gasteiger partial charge in [-0.25, -0.2) is 4.98 Å². The predicted octanol–water partition coefficient (Wildman–Crippen LogP) is 4.48. The van der Waals surface area contributed by atoms with Gasteiger partial charge in [-0.3, -0.25) is 4.79 Å². The van der Waals surface area contributed by atoms with Crippen LogP contribution >= 0.6 is 11.6 Å². The van der Waals surface area contributed by atoms with Crippen molar-refractivity contribution in [2.45, 2.75) is 56.3 Å². The highest BCUT2D eigenvalue weighted by Gasteiger charge is 2.44. The summed E-state index contributed by atoms with van der Waals surface area (Å²) in [4.78, 5) is 26.3. The molecule has 1 saturated carbocycles. The van der Waals surface area contributed by atoms with Crippen LogP contribution < -0.4 is 10.6 Å². The molecule has 1 aliphatic rings. The number of aliphatic hydroxyl groups is 2. The lowest BCUT2D eigenvalue weighted by atomic mass is 9.91. The third-order valence-corrected chi connectivity index (χ3v) is 8.49. The number of aromatic nitrogens is 4. The first-order valence-electron chi connectivity index (χ1n) is 14.9. The van der Waals surface area contributed by atoms with Crippen LogP contribution in [-0.4, -0.2) is 66.5 Å². The number of nitrogens with zero attached hydrogens (tertiary/aromatic N) is 4. The van der Waals surface area contributed by atoms with Gasteiger partial charge in [-0.05, 0) is 41.6 Å². The van der Waals surface area contributed by atoms with Crippen LogP contribution in [0.15, 0.2) is 97.3 Å². The summed E-state index contributed by atoms with van der Waals surface area (Å²) in [6, 6.07) is 28.7. The van der Waals surface area contributed by atoms with E-state index >= 15 is 0 Å². The molecule has 0 saturated heterocycles. The van der Waals surface area contributed by atoms with Crippen molar-refractivity contribution in [3.63, 3.8) is 0 Å². The first-order chi connectivity index (χ1) is 21.9. The molecule has 45 heavy (non-hydrogen) atoms. The SMILES string of the molecule is C[C@@H](OCc1ccccc1)C(=O)N[C@H]1CC(n2cnc3c(NCC(c4ccccc4)c4ccccc4)nc(Cl)nc32)C(O)[C@@H]1O. The van der Waals surface area contributed by atoms with Gasteiger partial charge in [-0.1, -0.05) is 91.0 Å². The lowest BCUT2D eigenvalue weighted by molar-refractivity contribution is -0.134. The number of anilines is 1. The third-order valence-electron chi connectivity index (χ3n) is 8.32. The molecule has 0 aliphatic heterocycles. The summed E-state index contributed by atoms with van der Waals surface area (Å²) in [7, 11) is 0. The summed E-state index contributed by atoms with van der Waals surface area (Å²) >= 11 is 6.39. The van der Waals surface area contributed by atoms with Crippen molar-refractivity contribution in [1.82, 2.24) is 24.8 Å². The molecular weight excluding hydrogens is 592 g/mol. The largest absolute Gasteiger partial charge is 0.388 e. The Balaban J connectivity index is 1.17. The van der Waals surface area contributed by atoms with Crippen LogP contribution in [0.25, 0.3) is 11.2 Å². The Morgan fingerprint density at radius 2 is 1.58 bits per heavy atom. The lowest BCUT2D eigenvalue weighted by Gasteiger charge is -2.20. The van der Waals surface area contributed by atoms with Crippen LogP contribution in [0.1, 0.15) is 42.0 Å². The molecule has 5 atom stereocenters. The fourth-order valence-corrected chi connectivity index (χ4v) is 6.02. The summed E-state index contributed by atoms with van der Waals surface area (Å²) < 4.78 is 7.42. The number of nitrogens with one attached hydrogen (secondary N) is 2. The number of ether oxygens (including phenoxy) is 1.